The highest BCUT2D eigenvalue weighted by Crippen LogP contribution is 2.34. The minimum absolute atomic E-state index is 0.751. The quantitative estimate of drug-likeness (QED) is 0.781. The van der Waals surface area contributed by atoms with Gasteiger partial charge in [0.15, 0.2) is 0 Å². The normalized spacial score (nSPS) is 44.1. The van der Waals surface area contributed by atoms with Crippen LogP contribution in [0.1, 0.15) is 38.5 Å². The molecule has 3 fully saturated rings. The zero-order valence-electron chi connectivity index (χ0n) is 11.4. The van der Waals surface area contributed by atoms with Crippen LogP contribution in [0.4, 0.5) is 0 Å². The van der Waals surface area contributed by atoms with Crippen molar-refractivity contribution in [3.63, 3.8) is 0 Å². The van der Waals surface area contributed by atoms with E-state index >= 15 is 0 Å². The maximum absolute atomic E-state index is 3.94. The molecule has 0 aromatic carbocycles. The van der Waals surface area contributed by atoms with Crippen molar-refractivity contribution in [3.05, 3.63) is 0 Å². The summed E-state index contributed by atoms with van der Waals surface area (Å²) in [4.78, 5) is 5.11. The molecule has 0 amide bonds. The molecule has 98 valence electrons. The average molecular weight is 237 g/mol. The fourth-order valence-electron chi connectivity index (χ4n) is 4.18. The Balaban J connectivity index is 1.53. The van der Waals surface area contributed by atoms with Crippen molar-refractivity contribution in [2.75, 3.05) is 27.2 Å². The van der Waals surface area contributed by atoms with Gasteiger partial charge in [-0.1, -0.05) is 0 Å². The van der Waals surface area contributed by atoms with Crippen LogP contribution in [-0.4, -0.2) is 61.2 Å². The highest BCUT2D eigenvalue weighted by molar-refractivity contribution is 4.97. The fraction of sp³-hybridized carbons (Fsp3) is 1.00. The van der Waals surface area contributed by atoms with Crippen molar-refractivity contribution >= 4 is 0 Å². The monoisotopic (exact) mass is 237 g/mol. The van der Waals surface area contributed by atoms with Crippen molar-refractivity contribution in [2.24, 2.45) is 0 Å². The maximum Gasteiger partial charge on any atom is 0.0197 e. The molecule has 0 saturated carbocycles. The van der Waals surface area contributed by atoms with E-state index in [0.29, 0.717) is 0 Å². The second kappa shape index (κ2) is 4.87. The third-order valence-electron chi connectivity index (χ3n) is 5.19. The molecule has 3 aliphatic rings. The van der Waals surface area contributed by atoms with Gasteiger partial charge in [0.2, 0.25) is 0 Å². The standard InChI is InChI=1S/C14H27N3/c1-16-7-3-4-11(10-16)15-12-8-13-5-6-14(9-12)17(13)2/h11-15H,3-10H2,1-2H3. The zero-order valence-corrected chi connectivity index (χ0v) is 11.4. The van der Waals surface area contributed by atoms with Crippen molar-refractivity contribution in [2.45, 2.75) is 62.7 Å². The number of hydrogen-bond acceptors (Lipinski definition) is 3. The van der Waals surface area contributed by atoms with Gasteiger partial charge in [0.05, 0.1) is 0 Å². The van der Waals surface area contributed by atoms with E-state index in [2.05, 4.69) is 29.2 Å². The van der Waals surface area contributed by atoms with Gasteiger partial charge in [-0.2, -0.15) is 0 Å². The fourth-order valence-corrected chi connectivity index (χ4v) is 4.18. The highest BCUT2D eigenvalue weighted by atomic mass is 15.2. The Morgan fingerprint density at radius 3 is 2.29 bits per heavy atom. The Kier molecular flexibility index (Phi) is 3.42. The summed E-state index contributed by atoms with van der Waals surface area (Å²) in [5.74, 6) is 0. The van der Waals surface area contributed by atoms with Crippen LogP contribution in [0.25, 0.3) is 0 Å². The molecular formula is C14H27N3. The molecule has 3 saturated heterocycles. The van der Waals surface area contributed by atoms with Gasteiger partial charge in [0.1, 0.15) is 0 Å². The van der Waals surface area contributed by atoms with E-state index in [4.69, 9.17) is 0 Å². The molecule has 3 unspecified atom stereocenters. The second-order valence-electron chi connectivity index (χ2n) is 6.49. The van der Waals surface area contributed by atoms with Gasteiger partial charge in [-0.3, -0.25) is 0 Å². The number of likely N-dealkylation sites (N-methyl/N-ethyl adjacent to an activating group) is 1. The van der Waals surface area contributed by atoms with Crippen molar-refractivity contribution in [3.8, 4) is 0 Å². The van der Waals surface area contributed by atoms with Crippen LogP contribution in [0.15, 0.2) is 0 Å². The molecule has 0 spiro atoms. The van der Waals surface area contributed by atoms with Crippen LogP contribution >= 0.6 is 0 Å². The maximum atomic E-state index is 3.94. The Morgan fingerprint density at radius 2 is 1.65 bits per heavy atom. The summed E-state index contributed by atoms with van der Waals surface area (Å²) in [5, 5.41) is 3.94. The minimum atomic E-state index is 0.751. The van der Waals surface area contributed by atoms with Gasteiger partial charge in [-0.25, -0.2) is 0 Å². The summed E-state index contributed by atoms with van der Waals surface area (Å²) in [6, 6.07) is 3.28. The van der Waals surface area contributed by atoms with E-state index in [1.807, 2.05) is 0 Å². The van der Waals surface area contributed by atoms with E-state index in [1.54, 1.807) is 0 Å². The van der Waals surface area contributed by atoms with E-state index < -0.39 is 0 Å². The first-order valence-corrected chi connectivity index (χ1v) is 7.39. The van der Waals surface area contributed by atoms with E-state index in [1.165, 1.54) is 51.6 Å². The van der Waals surface area contributed by atoms with Gasteiger partial charge >= 0.3 is 0 Å². The Hall–Kier alpha value is -0.120. The SMILES string of the molecule is CN1CCCC(NC2CC3CCC(C2)N3C)C1. The zero-order chi connectivity index (χ0) is 11.8. The van der Waals surface area contributed by atoms with Crippen molar-refractivity contribution in [1.29, 1.82) is 0 Å². The summed E-state index contributed by atoms with van der Waals surface area (Å²) in [6.45, 7) is 2.54. The minimum Gasteiger partial charge on any atom is -0.310 e. The third kappa shape index (κ3) is 2.51. The number of rotatable bonds is 2. The lowest BCUT2D eigenvalue weighted by Gasteiger charge is -2.40. The van der Waals surface area contributed by atoms with Gasteiger partial charge in [-0.05, 0) is 59.2 Å². The molecule has 0 radical (unpaired) electrons. The lowest BCUT2D eigenvalue weighted by molar-refractivity contribution is 0.130. The van der Waals surface area contributed by atoms with Crippen LogP contribution in [-0.2, 0) is 0 Å². The molecule has 3 heterocycles. The lowest BCUT2D eigenvalue weighted by atomic mass is 9.95. The van der Waals surface area contributed by atoms with Crippen molar-refractivity contribution in [1.82, 2.24) is 15.1 Å². The van der Waals surface area contributed by atoms with Gasteiger partial charge < -0.3 is 15.1 Å². The van der Waals surface area contributed by atoms with Crippen LogP contribution in [0.3, 0.4) is 0 Å². The molecule has 0 aliphatic carbocycles. The van der Waals surface area contributed by atoms with Gasteiger partial charge in [-0.15, -0.1) is 0 Å². The van der Waals surface area contributed by atoms with E-state index in [0.717, 1.165) is 24.2 Å². The molecule has 17 heavy (non-hydrogen) atoms. The summed E-state index contributed by atoms with van der Waals surface area (Å²) in [5.41, 5.74) is 0. The van der Waals surface area contributed by atoms with Gasteiger partial charge in [0.25, 0.3) is 0 Å². The molecular weight excluding hydrogens is 210 g/mol. The van der Waals surface area contributed by atoms with Crippen LogP contribution in [0.2, 0.25) is 0 Å². The molecule has 1 N–H and O–H groups in total. The summed E-state index contributed by atoms with van der Waals surface area (Å²) in [7, 11) is 4.58. The third-order valence-corrected chi connectivity index (χ3v) is 5.19. The second-order valence-corrected chi connectivity index (χ2v) is 6.49. The largest absolute Gasteiger partial charge is 0.310 e. The molecule has 3 atom stereocenters. The van der Waals surface area contributed by atoms with E-state index in [-0.39, 0.29) is 0 Å². The van der Waals surface area contributed by atoms with E-state index in [9.17, 15) is 0 Å². The number of likely N-dealkylation sites (tertiary alicyclic amines) is 1. The Bertz CT molecular complexity index is 254. The summed E-state index contributed by atoms with van der Waals surface area (Å²) in [6.07, 6.45) is 8.38. The summed E-state index contributed by atoms with van der Waals surface area (Å²) >= 11 is 0. The van der Waals surface area contributed by atoms with Gasteiger partial charge in [0, 0.05) is 30.7 Å². The molecule has 0 aromatic heterocycles. The molecule has 3 rings (SSSR count). The molecule has 3 heteroatoms. The first-order valence-electron chi connectivity index (χ1n) is 7.39. The Morgan fingerprint density at radius 1 is 0.941 bits per heavy atom. The number of piperidine rings is 2. The molecule has 0 aromatic rings. The van der Waals surface area contributed by atoms with Crippen LogP contribution < -0.4 is 5.32 Å². The smallest absolute Gasteiger partial charge is 0.0197 e. The van der Waals surface area contributed by atoms with Crippen LogP contribution in [0.5, 0.6) is 0 Å². The predicted molar refractivity (Wildman–Crippen MR) is 71.2 cm³/mol. The first kappa shape index (κ1) is 11.9. The summed E-state index contributed by atoms with van der Waals surface area (Å²) < 4.78 is 0. The number of nitrogens with zero attached hydrogens (tertiary/aromatic N) is 2. The number of hydrogen-bond donors (Lipinski definition) is 1. The topological polar surface area (TPSA) is 18.5 Å². The molecule has 3 nitrogen and oxygen atoms in total. The van der Waals surface area contributed by atoms with Crippen LogP contribution in [0, 0.1) is 0 Å². The van der Waals surface area contributed by atoms with Crippen molar-refractivity contribution < 1.29 is 0 Å². The first-order chi connectivity index (χ1) is 8.22. The number of nitrogens with one attached hydrogen (secondary N) is 1. The average Bonchev–Trinajstić information content (AvgIpc) is 2.52. The molecule has 2 bridgehead atoms. The lowest BCUT2D eigenvalue weighted by Crippen LogP contribution is -2.53. The Labute approximate surface area is 106 Å². The molecule has 3 aliphatic heterocycles. The highest BCUT2D eigenvalue weighted by Gasteiger charge is 2.38. The predicted octanol–water partition coefficient (Wildman–Crippen LogP) is 1.30. The number of fused-ring (bicyclic) bond motifs is 2.